The molecule has 3 aromatic heterocycles. The fourth-order valence-electron chi connectivity index (χ4n) is 5.06. The van der Waals surface area contributed by atoms with E-state index in [1.54, 1.807) is 17.1 Å². The first-order valence-corrected chi connectivity index (χ1v) is 12.1. The van der Waals surface area contributed by atoms with E-state index < -0.39 is 0 Å². The third-order valence-electron chi connectivity index (χ3n) is 6.79. The number of benzene rings is 2. The molecule has 0 bridgehead atoms. The molecule has 0 amide bonds. The quantitative estimate of drug-likeness (QED) is 0.358. The van der Waals surface area contributed by atoms with Gasteiger partial charge in [0.25, 0.3) is 5.56 Å². The highest BCUT2D eigenvalue weighted by molar-refractivity contribution is 5.89. The van der Waals surface area contributed by atoms with Gasteiger partial charge in [0.05, 0.1) is 18.6 Å². The first kappa shape index (κ1) is 27.1. The van der Waals surface area contributed by atoms with Crippen LogP contribution in [-0.2, 0) is 13.1 Å². The number of nitriles is 1. The first-order chi connectivity index (χ1) is 17.7. The van der Waals surface area contributed by atoms with Gasteiger partial charge in [-0.05, 0) is 17.0 Å². The topological polar surface area (TPSA) is 91.8 Å². The summed E-state index contributed by atoms with van der Waals surface area (Å²) in [5.74, 6) is 0.767. The average Bonchev–Trinajstić information content (AvgIpc) is 3.25. The number of hydrogen-bond donors (Lipinski definition) is 1. The van der Waals surface area contributed by atoms with Crippen LogP contribution in [0.5, 0.6) is 0 Å². The fraction of sp³-hybridized carbons (Fsp3) is 0.214. The second kappa shape index (κ2) is 11.7. The largest absolute Gasteiger partial charge is 0.354 e. The summed E-state index contributed by atoms with van der Waals surface area (Å²) in [5, 5.41) is 15.6. The summed E-state index contributed by atoms with van der Waals surface area (Å²) in [6.07, 6.45) is 3.31. The molecule has 4 heterocycles. The van der Waals surface area contributed by atoms with Crippen molar-refractivity contribution in [3.05, 3.63) is 100 Å². The van der Waals surface area contributed by atoms with Crippen molar-refractivity contribution in [3.8, 4) is 6.07 Å². The van der Waals surface area contributed by atoms with Crippen molar-refractivity contribution in [3.63, 3.8) is 0 Å². The summed E-state index contributed by atoms with van der Waals surface area (Å²) in [4.78, 5) is 25.4. The molecule has 0 atom stereocenters. The zero-order valence-corrected chi connectivity index (χ0v) is 22.2. The normalized spacial score (nSPS) is 13.1. The van der Waals surface area contributed by atoms with Crippen LogP contribution in [0, 0.1) is 11.3 Å². The Morgan fingerprint density at radius 2 is 1.66 bits per heavy atom. The molecule has 0 unspecified atom stereocenters. The van der Waals surface area contributed by atoms with E-state index in [2.05, 4.69) is 26.3 Å². The molecule has 1 fully saturated rings. The Kier molecular flexibility index (Phi) is 8.32. The van der Waals surface area contributed by atoms with E-state index in [1.807, 2.05) is 65.2 Å². The summed E-state index contributed by atoms with van der Waals surface area (Å²) in [5.41, 5.74) is 3.04. The summed E-state index contributed by atoms with van der Waals surface area (Å²) in [7, 11) is 0. The van der Waals surface area contributed by atoms with Crippen LogP contribution in [0.15, 0.2) is 78.0 Å². The molecule has 0 spiro atoms. The molecule has 10 heteroatoms. The highest BCUT2D eigenvalue weighted by atomic mass is 35.5. The van der Waals surface area contributed by atoms with E-state index in [1.165, 1.54) is 0 Å². The van der Waals surface area contributed by atoms with Gasteiger partial charge in [0.2, 0.25) is 0 Å². The smallest absolute Gasteiger partial charge is 0.278 e. The Bertz CT molecular complexity index is 1660. The Morgan fingerprint density at radius 1 is 0.921 bits per heavy atom. The predicted octanol–water partition coefficient (Wildman–Crippen LogP) is 3.97. The van der Waals surface area contributed by atoms with Gasteiger partial charge in [-0.25, -0.2) is 4.98 Å². The molecule has 0 aliphatic carbocycles. The number of nitrogens with one attached hydrogen (secondary N) is 1. The number of aromatic nitrogens is 4. The lowest BCUT2D eigenvalue weighted by molar-refractivity contribution is 0.576. The minimum absolute atomic E-state index is 0. The summed E-state index contributed by atoms with van der Waals surface area (Å²) >= 11 is 0. The molecule has 5 aromatic rings. The number of rotatable bonds is 5. The minimum atomic E-state index is -0.177. The molecular weight excluding hydrogens is 521 g/mol. The molecular formula is C28H27Cl2N7O. The van der Waals surface area contributed by atoms with Crippen molar-refractivity contribution < 1.29 is 0 Å². The number of piperazine rings is 1. The first-order valence-electron chi connectivity index (χ1n) is 12.1. The van der Waals surface area contributed by atoms with E-state index in [4.69, 9.17) is 0 Å². The fourth-order valence-corrected chi connectivity index (χ4v) is 5.06. The van der Waals surface area contributed by atoms with E-state index >= 15 is 0 Å². The minimum Gasteiger partial charge on any atom is -0.354 e. The van der Waals surface area contributed by atoms with Crippen molar-refractivity contribution >= 4 is 52.4 Å². The van der Waals surface area contributed by atoms with Gasteiger partial charge < -0.3 is 14.8 Å². The van der Waals surface area contributed by atoms with Gasteiger partial charge in [0.15, 0.2) is 0 Å². The van der Waals surface area contributed by atoms with Gasteiger partial charge in [-0.2, -0.15) is 5.26 Å². The average molecular weight is 548 g/mol. The van der Waals surface area contributed by atoms with Gasteiger partial charge in [-0.3, -0.25) is 14.3 Å². The molecule has 1 aliphatic heterocycles. The maximum Gasteiger partial charge on any atom is 0.278 e. The zero-order chi connectivity index (χ0) is 24.5. The van der Waals surface area contributed by atoms with Crippen LogP contribution in [0.2, 0.25) is 0 Å². The maximum atomic E-state index is 14.0. The van der Waals surface area contributed by atoms with Crippen LogP contribution in [-0.4, -0.2) is 45.3 Å². The SMILES string of the molecule is Cl.Cl.N#Cc1c(N2CCNCC2)n(Cc2ccccc2)c2c(=O)n(Cc3nccc4ccccc34)cnc12. The van der Waals surface area contributed by atoms with Crippen LogP contribution in [0.1, 0.15) is 16.8 Å². The zero-order valence-electron chi connectivity index (χ0n) is 20.6. The molecule has 194 valence electrons. The number of anilines is 1. The number of halogens is 2. The Labute approximate surface area is 232 Å². The van der Waals surface area contributed by atoms with Gasteiger partial charge in [-0.15, -0.1) is 24.8 Å². The second-order valence-electron chi connectivity index (χ2n) is 8.97. The highest BCUT2D eigenvalue weighted by Crippen LogP contribution is 2.31. The van der Waals surface area contributed by atoms with Gasteiger partial charge in [0.1, 0.15) is 28.5 Å². The molecule has 1 aliphatic rings. The second-order valence-corrected chi connectivity index (χ2v) is 8.97. The maximum absolute atomic E-state index is 14.0. The van der Waals surface area contributed by atoms with E-state index in [0.29, 0.717) is 29.7 Å². The van der Waals surface area contributed by atoms with Crippen LogP contribution in [0.3, 0.4) is 0 Å². The summed E-state index contributed by atoms with van der Waals surface area (Å²) in [6, 6.07) is 22.4. The van der Waals surface area contributed by atoms with E-state index in [9.17, 15) is 10.1 Å². The van der Waals surface area contributed by atoms with Crippen LogP contribution in [0.25, 0.3) is 21.8 Å². The summed E-state index contributed by atoms with van der Waals surface area (Å²) in [6.45, 7) is 3.93. The van der Waals surface area contributed by atoms with Crippen molar-refractivity contribution in [1.29, 1.82) is 5.26 Å². The van der Waals surface area contributed by atoms with E-state index in [0.717, 1.165) is 54.0 Å². The molecule has 6 rings (SSSR count). The Balaban J connectivity index is 0.00000168. The van der Waals surface area contributed by atoms with Crippen molar-refractivity contribution in [1.82, 2.24) is 24.4 Å². The number of pyridine rings is 1. The van der Waals surface area contributed by atoms with Crippen molar-refractivity contribution in [2.75, 3.05) is 31.1 Å². The molecule has 1 N–H and O–H groups in total. The van der Waals surface area contributed by atoms with Crippen LogP contribution >= 0.6 is 24.8 Å². The van der Waals surface area contributed by atoms with Crippen molar-refractivity contribution in [2.24, 2.45) is 0 Å². The molecule has 8 nitrogen and oxygen atoms in total. The molecule has 2 aromatic carbocycles. The van der Waals surface area contributed by atoms with E-state index in [-0.39, 0.29) is 30.4 Å². The van der Waals surface area contributed by atoms with Crippen molar-refractivity contribution in [2.45, 2.75) is 13.1 Å². The lowest BCUT2D eigenvalue weighted by Gasteiger charge is -2.30. The highest BCUT2D eigenvalue weighted by Gasteiger charge is 2.27. The Morgan fingerprint density at radius 3 is 2.42 bits per heavy atom. The third-order valence-corrected chi connectivity index (χ3v) is 6.79. The van der Waals surface area contributed by atoms with Crippen LogP contribution in [0.4, 0.5) is 5.82 Å². The molecule has 0 radical (unpaired) electrons. The predicted molar refractivity (Wildman–Crippen MR) is 155 cm³/mol. The lowest BCUT2D eigenvalue weighted by Crippen LogP contribution is -2.44. The lowest BCUT2D eigenvalue weighted by atomic mass is 10.1. The number of nitrogens with zero attached hydrogens (tertiary/aromatic N) is 6. The molecule has 38 heavy (non-hydrogen) atoms. The molecule has 0 saturated carbocycles. The number of hydrogen-bond acceptors (Lipinski definition) is 6. The van der Waals surface area contributed by atoms with Gasteiger partial charge in [-0.1, -0.05) is 54.6 Å². The number of fused-ring (bicyclic) bond motifs is 2. The summed E-state index contributed by atoms with van der Waals surface area (Å²) < 4.78 is 3.58. The van der Waals surface area contributed by atoms with Gasteiger partial charge in [0, 0.05) is 44.3 Å². The Hall–Kier alpha value is -3.90. The standard InChI is InChI=1S/C28H25N7O.2ClH/c29-16-23-25-26(35(17-20-6-2-1-3-7-20)27(23)33-14-12-30-13-15-33)28(36)34(19-32-25)18-24-22-9-5-4-8-21(22)10-11-31-24;;/h1-11,19,30H,12-15,17-18H2;2*1H. The van der Waals surface area contributed by atoms with Gasteiger partial charge >= 0.3 is 0 Å². The molecule has 1 saturated heterocycles. The van der Waals surface area contributed by atoms with Crippen LogP contribution < -0.4 is 15.8 Å². The monoisotopic (exact) mass is 547 g/mol. The third kappa shape index (κ3) is 4.84.